The Morgan fingerprint density at radius 1 is 1.67 bits per heavy atom. The summed E-state index contributed by atoms with van der Waals surface area (Å²) in [6.07, 6.45) is 0. The van der Waals surface area contributed by atoms with Crippen molar-refractivity contribution < 1.29 is 14.7 Å². The summed E-state index contributed by atoms with van der Waals surface area (Å²) >= 11 is 1.25. The van der Waals surface area contributed by atoms with Gasteiger partial charge in [0, 0.05) is 0 Å². The third kappa shape index (κ3) is 3.03. The predicted molar refractivity (Wildman–Crippen MR) is 58.4 cm³/mol. The SMILES string of the molecule is C[C@H](N)C(=O)c1sccc1NCC(=O)O. The molecule has 82 valence electrons. The molecule has 0 fully saturated rings. The Kier molecular flexibility index (Phi) is 3.81. The molecule has 1 aromatic heterocycles. The lowest BCUT2D eigenvalue weighted by atomic mass is 10.2. The number of hydrogen-bond acceptors (Lipinski definition) is 5. The van der Waals surface area contributed by atoms with E-state index in [1.807, 2.05) is 0 Å². The van der Waals surface area contributed by atoms with E-state index in [4.69, 9.17) is 10.8 Å². The Morgan fingerprint density at radius 3 is 2.87 bits per heavy atom. The van der Waals surface area contributed by atoms with E-state index in [0.29, 0.717) is 10.6 Å². The van der Waals surface area contributed by atoms with Crippen molar-refractivity contribution in [1.29, 1.82) is 0 Å². The maximum atomic E-state index is 11.6. The molecule has 0 saturated heterocycles. The fourth-order valence-corrected chi connectivity index (χ4v) is 1.93. The number of anilines is 1. The van der Waals surface area contributed by atoms with Crippen LogP contribution in [0.1, 0.15) is 16.6 Å². The van der Waals surface area contributed by atoms with E-state index in [9.17, 15) is 9.59 Å². The summed E-state index contributed by atoms with van der Waals surface area (Å²) in [5, 5.41) is 12.9. The first kappa shape index (κ1) is 11.7. The minimum Gasteiger partial charge on any atom is -0.480 e. The summed E-state index contributed by atoms with van der Waals surface area (Å²) in [5.74, 6) is -1.15. The monoisotopic (exact) mass is 228 g/mol. The van der Waals surface area contributed by atoms with Crippen LogP contribution < -0.4 is 11.1 Å². The smallest absolute Gasteiger partial charge is 0.322 e. The fraction of sp³-hybridized carbons (Fsp3) is 0.333. The second-order valence-electron chi connectivity index (χ2n) is 3.06. The van der Waals surface area contributed by atoms with Crippen LogP contribution in [0.15, 0.2) is 11.4 Å². The molecule has 0 aromatic carbocycles. The van der Waals surface area contributed by atoms with Crippen molar-refractivity contribution in [3.8, 4) is 0 Å². The highest BCUT2D eigenvalue weighted by molar-refractivity contribution is 7.12. The van der Waals surface area contributed by atoms with Gasteiger partial charge < -0.3 is 16.2 Å². The quantitative estimate of drug-likeness (QED) is 0.647. The number of thiophene rings is 1. The van der Waals surface area contributed by atoms with Crippen LogP contribution in [0.2, 0.25) is 0 Å². The lowest BCUT2D eigenvalue weighted by molar-refractivity contribution is -0.134. The zero-order valence-corrected chi connectivity index (χ0v) is 9.00. The molecule has 6 heteroatoms. The second-order valence-corrected chi connectivity index (χ2v) is 3.98. The summed E-state index contributed by atoms with van der Waals surface area (Å²) in [6, 6.07) is 1.09. The number of Topliss-reactive ketones (excluding diaryl/α,β-unsaturated/α-hetero) is 1. The van der Waals surface area contributed by atoms with Crippen LogP contribution in [0.25, 0.3) is 0 Å². The summed E-state index contributed by atoms with van der Waals surface area (Å²) in [4.78, 5) is 22.4. The van der Waals surface area contributed by atoms with E-state index in [0.717, 1.165) is 0 Å². The highest BCUT2D eigenvalue weighted by Gasteiger charge is 2.16. The third-order valence-electron chi connectivity index (χ3n) is 1.73. The Bertz CT molecular complexity index is 373. The van der Waals surface area contributed by atoms with Gasteiger partial charge in [0.2, 0.25) is 0 Å². The predicted octanol–water partition coefficient (Wildman–Crippen LogP) is 0.774. The number of nitrogens with one attached hydrogen (secondary N) is 1. The number of carboxylic acid groups (broad SMARTS) is 1. The summed E-state index contributed by atoms with van der Waals surface area (Å²) in [7, 11) is 0. The summed E-state index contributed by atoms with van der Waals surface area (Å²) in [6.45, 7) is 1.39. The van der Waals surface area contributed by atoms with E-state index in [2.05, 4.69) is 5.32 Å². The first-order chi connectivity index (χ1) is 7.02. The Morgan fingerprint density at radius 2 is 2.33 bits per heavy atom. The molecular formula is C9H12N2O3S. The molecule has 1 aromatic rings. The molecule has 0 aliphatic rings. The number of rotatable bonds is 5. The number of carboxylic acids is 1. The van der Waals surface area contributed by atoms with Gasteiger partial charge in [0.25, 0.3) is 0 Å². The van der Waals surface area contributed by atoms with E-state index in [1.54, 1.807) is 18.4 Å². The number of hydrogen-bond donors (Lipinski definition) is 3. The van der Waals surface area contributed by atoms with Gasteiger partial charge in [-0.3, -0.25) is 9.59 Å². The molecule has 0 amide bonds. The number of ketones is 1. The van der Waals surface area contributed by atoms with Crippen molar-refractivity contribution in [3.63, 3.8) is 0 Å². The Balaban J connectivity index is 2.77. The second kappa shape index (κ2) is 4.90. The molecule has 0 spiro atoms. The van der Waals surface area contributed by atoms with Crippen molar-refractivity contribution >= 4 is 28.8 Å². The van der Waals surface area contributed by atoms with E-state index >= 15 is 0 Å². The van der Waals surface area contributed by atoms with Crippen molar-refractivity contribution in [3.05, 3.63) is 16.3 Å². The molecule has 0 unspecified atom stereocenters. The topological polar surface area (TPSA) is 92.4 Å². The van der Waals surface area contributed by atoms with Crippen molar-refractivity contribution in [2.45, 2.75) is 13.0 Å². The minimum atomic E-state index is -0.972. The Labute approximate surface area is 90.9 Å². The molecule has 4 N–H and O–H groups in total. The average molecular weight is 228 g/mol. The summed E-state index contributed by atoms with van der Waals surface area (Å²) < 4.78 is 0. The van der Waals surface area contributed by atoms with E-state index < -0.39 is 12.0 Å². The van der Waals surface area contributed by atoms with Gasteiger partial charge in [0.15, 0.2) is 5.78 Å². The van der Waals surface area contributed by atoms with Crippen LogP contribution in [0.5, 0.6) is 0 Å². The molecule has 0 aliphatic heterocycles. The van der Waals surface area contributed by atoms with Gasteiger partial charge in [-0.1, -0.05) is 0 Å². The average Bonchev–Trinajstić information content (AvgIpc) is 2.60. The molecule has 1 heterocycles. The van der Waals surface area contributed by atoms with Crippen LogP contribution >= 0.6 is 11.3 Å². The van der Waals surface area contributed by atoms with Crippen molar-refractivity contribution in [2.24, 2.45) is 5.73 Å². The Hall–Kier alpha value is -1.40. The standard InChI is InChI=1S/C9H12N2O3S/c1-5(10)8(14)9-6(2-3-15-9)11-4-7(12)13/h2-3,5,11H,4,10H2,1H3,(H,12,13)/t5-/m0/s1. The molecule has 0 aliphatic carbocycles. The number of carbonyl (C=O) groups is 2. The normalized spacial score (nSPS) is 12.1. The highest BCUT2D eigenvalue weighted by Crippen LogP contribution is 2.23. The van der Waals surface area contributed by atoms with Gasteiger partial charge in [-0.05, 0) is 18.4 Å². The zero-order valence-electron chi connectivity index (χ0n) is 8.19. The highest BCUT2D eigenvalue weighted by atomic mass is 32.1. The van der Waals surface area contributed by atoms with Gasteiger partial charge in [0.1, 0.15) is 6.54 Å². The number of nitrogens with two attached hydrogens (primary N) is 1. The fourth-order valence-electron chi connectivity index (χ4n) is 1.02. The molecule has 1 atom stereocenters. The molecule has 5 nitrogen and oxygen atoms in total. The molecular weight excluding hydrogens is 216 g/mol. The maximum Gasteiger partial charge on any atom is 0.322 e. The van der Waals surface area contributed by atoms with Crippen molar-refractivity contribution in [2.75, 3.05) is 11.9 Å². The lowest BCUT2D eigenvalue weighted by Crippen LogP contribution is -2.26. The zero-order chi connectivity index (χ0) is 11.4. The molecule has 15 heavy (non-hydrogen) atoms. The third-order valence-corrected chi connectivity index (χ3v) is 2.66. The number of carbonyl (C=O) groups excluding carboxylic acids is 1. The first-order valence-corrected chi connectivity index (χ1v) is 5.23. The molecule has 0 radical (unpaired) electrons. The number of aliphatic carboxylic acids is 1. The first-order valence-electron chi connectivity index (χ1n) is 4.35. The van der Waals surface area contributed by atoms with Crippen LogP contribution in [0.3, 0.4) is 0 Å². The van der Waals surface area contributed by atoms with Crippen molar-refractivity contribution in [1.82, 2.24) is 0 Å². The van der Waals surface area contributed by atoms with Crippen LogP contribution in [-0.4, -0.2) is 29.4 Å². The van der Waals surface area contributed by atoms with Crippen LogP contribution in [0, 0.1) is 0 Å². The molecule has 0 saturated carbocycles. The van der Waals surface area contributed by atoms with E-state index in [-0.39, 0.29) is 12.3 Å². The van der Waals surface area contributed by atoms with Gasteiger partial charge in [0.05, 0.1) is 16.6 Å². The largest absolute Gasteiger partial charge is 0.480 e. The molecule has 0 bridgehead atoms. The van der Waals surface area contributed by atoms with E-state index in [1.165, 1.54) is 11.3 Å². The molecule has 1 rings (SSSR count). The van der Waals surface area contributed by atoms with Gasteiger partial charge in [-0.15, -0.1) is 11.3 Å². The summed E-state index contributed by atoms with van der Waals surface area (Å²) in [5.41, 5.74) is 6.00. The maximum absolute atomic E-state index is 11.6. The van der Waals surface area contributed by atoms with Crippen LogP contribution in [-0.2, 0) is 4.79 Å². The van der Waals surface area contributed by atoms with Gasteiger partial charge >= 0.3 is 5.97 Å². The van der Waals surface area contributed by atoms with Crippen LogP contribution in [0.4, 0.5) is 5.69 Å². The van der Waals surface area contributed by atoms with Gasteiger partial charge in [-0.2, -0.15) is 0 Å². The minimum absolute atomic E-state index is 0.183. The van der Waals surface area contributed by atoms with Gasteiger partial charge in [-0.25, -0.2) is 0 Å². The lowest BCUT2D eigenvalue weighted by Gasteiger charge is -2.06.